The standard InChI is InChI=1S/C27H34ClFN6O2/c1-26(2,3)37-25(36)35-17-6-7-18(35)16-33(15-17)24-19-14-30-23(28)21(29)22(19)31-20(32-24)8-11-27-9-4-12-34(27)13-5-10-27/h8,11,14,17-18H,4-7,9-10,12-13,15-16H2,1-3H3/b11-8+. The summed E-state index contributed by atoms with van der Waals surface area (Å²) in [6, 6.07) is 0.0132. The number of anilines is 1. The first-order valence-electron chi connectivity index (χ1n) is 13.4. The van der Waals surface area contributed by atoms with Crippen molar-refractivity contribution in [3.63, 3.8) is 0 Å². The van der Waals surface area contributed by atoms with Crippen LogP contribution in [0, 0.1) is 5.82 Å². The Balaban J connectivity index is 1.34. The molecule has 0 spiro atoms. The first-order valence-corrected chi connectivity index (χ1v) is 13.7. The van der Waals surface area contributed by atoms with Crippen molar-refractivity contribution in [2.45, 2.75) is 82.5 Å². The van der Waals surface area contributed by atoms with E-state index in [2.05, 4.69) is 25.8 Å². The summed E-state index contributed by atoms with van der Waals surface area (Å²) in [4.78, 5) is 33.1. The Morgan fingerprint density at radius 1 is 1.16 bits per heavy atom. The highest BCUT2D eigenvalue weighted by molar-refractivity contribution is 6.30. The van der Waals surface area contributed by atoms with Gasteiger partial charge in [-0.1, -0.05) is 17.7 Å². The van der Waals surface area contributed by atoms with Crippen LogP contribution in [-0.2, 0) is 4.74 Å². The molecule has 0 radical (unpaired) electrons. The summed E-state index contributed by atoms with van der Waals surface area (Å²) in [6.45, 7) is 9.07. The van der Waals surface area contributed by atoms with Crippen LogP contribution in [0.25, 0.3) is 17.0 Å². The summed E-state index contributed by atoms with van der Waals surface area (Å²) >= 11 is 6.05. The molecule has 2 bridgehead atoms. The van der Waals surface area contributed by atoms with E-state index < -0.39 is 11.4 Å². The van der Waals surface area contributed by atoms with E-state index in [9.17, 15) is 4.79 Å². The minimum absolute atomic E-state index is 0.00661. The number of aromatic nitrogens is 3. The molecule has 2 aromatic heterocycles. The van der Waals surface area contributed by atoms with E-state index in [0.717, 1.165) is 38.8 Å². The molecule has 0 aromatic carbocycles. The Bertz CT molecular complexity index is 1240. The van der Waals surface area contributed by atoms with E-state index in [1.165, 1.54) is 12.8 Å². The van der Waals surface area contributed by atoms with E-state index in [0.29, 0.717) is 30.1 Å². The minimum atomic E-state index is -0.630. The molecule has 198 valence electrons. The number of carbonyl (C=O) groups excluding carboxylic acids is 1. The van der Waals surface area contributed by atoms with Gasteiger partial charge in [0.15, 0.2) is 16.8 Å². The lowest BCUT2D eigenvalue weighted by molar-refractivity contribution is 0.0123. The molecule has 0 aliphatic carbocycles. The van der Waals surface area contributed by atoms with E-state index in [-0.39, 0.29) is 34.4 Å². The van der Waals surface area contributed by atoms with Crippen LogP contribution in [-0.4, -0.2) is 80.2 Å². The minimum Gasteiger partial charge on any atom is -0.444 e. The Morgan fingerprint density at radius 3 is 2.49 bits per heavy atom. The summed E-state index contributed by atoms with van der Waals surface area (Å²) in [7, 11) is 0. The highest BCUT2D eigenvalue weighted by Gasteiger charge is 2.45. The van der Waals surface area contributed by atoms with Crippen LogP contribution in [0.5, 0.6) is 0 Å². The number of amides is 1. The molecule has 4 fully saturated rings. The van der Waals surface area contributed by atoms with E-state index in [1.54, 1.807) is 6.20 Å². The summed E-state index contributed by atoms with van der Waals surface area (Å²) in [5.41, 5.74) is -0.308. The Hall–Kier alpha value is -2.52. The van der Waals surface area contributed by atoms with Crippen molar-refractivity contribution >= 4 is 40.5 Å². The summed E-state index contributed by atoms with van der Waals surface area (Å²) in [6.07, 6.45) is 11.9. The van der Waals surface area contributed by atoms with Gasteiger partial charge < -0.3 is 9.64 Å². The van der Waals surface area contributed by atoms with Crippen LogP contribution in [0.1, 0.15) is 65.1 Å². The molecule has 2 atom stereocenters. The summed E-state index contributed by atoms with van der Waals surface area (Å²) in [5.74, 6) is 0.480. The second-order valence-corrected chi connectivity index (χ2v) is 12.2. The smallest absolute Gasteiger partial charge is 0.410 e. The van der Waals surface area contributed by atoms with Gasteiger partial charge in [-0.2, -0.15) is 0 Å². The quantitative estimate of drug-likeness (QED) is 0.516. The van der Waals surface area contributed by atoms with Crippen LogP contribution >= 0.6 is 11.6 Å². The SMILES string of the molecule is CC(C)(C)OC(=O)N1C2CCC1CN(c1nc(/C=C/C34CCCN3CCC4)nc3c(F)c(Cl)ncc13)C2. The molecule has 4 saturated heterocycles. The van der Waals surface area contributed by atoms with Gasteiger partial charge in [0.05, 0.1) is 17.5 Å². The molecule has 8 nitrogen and oxygen atoms in total. The van der Waals surface area contributed by atoms with Crippen molar-refractivity contribution in [3.05, 3.63) is 29.1 Å². The van der Waals surface area contributed by atoms with Crippen molar-refractivity contribution in [3.8, 4) is 0 Å². The highest BCUT2D eigenvalue weighted by atomic mass is 35.5. The molecule has 0 N–H and O–H groups in total. The van der Waals surface area contributed by atoms with Crippen LogP contribution < -0.4 is 4.90 Å². The molecule has 2 unspecified atom stereocenters. The maximum atomic E-state index is 15.2. The third kappa shape index (κ3) is 4.44. The van der Waals surface area contributed by atoms with E-state index in [1.807, 2.05) is 31.7 Å². The number of nitrogens with zero attached hydrogens (tertiary/aromatic N) is 6. The number of carbonyl (C=O) groups is 1. The number of halogens is 2. The van der Waals surface area contributed by atoms with Crippen molar-refractivity contribution in [1.82, 2.24) is 24.8 Å². The molecular weight excluding hydrogens is 495 g/mol. The summed E-state index contributed by atoms with van der Waals surface area (Å²) in [5, 5.41) is 0.337. The van der Waals surface area contributed by atoms with Crippen molar-refractivity contribution < 1.29 is 13.9 Å². The number of rotatable bonds is 3. The van der Waals surface area contributed by atoms with Crippen molar-refractivity contribution in [1.29, 1.82) is 0 Å². The van der Waals surface area contributed by atoms with Gasteiger partial charge in [0, 0.05) is 24.8 Å². The van der Waals surface area contributed by atoms with Gasteiger partial charge in [-0.15, -0.1) is 0 Å². The molecule has 6 heterocycles. The topological polar surface area (TPSA) is 74.7 Å². The number of pyridine rings is 1. The van der Waals surface area contributed by atoms with Gasteiger partial charge in [-0.25, -0.2) is 24.1 Å². The van der Waals surface area contributed by atoms with Crippen LogP contribution in [0.4, 0.5) is 15.0 Å². The Labute approximate surface area is 221 Å². The molecule has 10 heteroatoms. The maximum Gasteiger partial charge on any atom is 0.410 e. The number of piperazine rings is 1. The average molecular weight is 529 g/mol. The van der Waals surface area contributed by atoms with Gasteiger partial charge in [-0.05, 0) is 78.5 Å². The maximum absolute atomic E-state index is 15.2. The fourth-order valence-electron chi connectivity index (χ4n) is 6.69. The van der Waals surface area contributed by atoms with E-state index in [4.69, 9.17) is 21.3 Å². The Morgan fingerprint density at radius 2 is 1.84 bits per heavy atom. The van der Waals surface area contributed by atoms with Gasteiger partial charge in [0.25, 0.3) is 0 Å². The lowest BCUT2D eigenvalue weighted by atomic mass is 9.93. The normalized spacial score (nSPS) is 25.4. The molecule has 4 aliphatic heterocycles. The van der Waals surface area contributed by atoms with Gasteiger partial charge in [-0.3, -0.25) is 9.80 Å². The predicted molar refractivity (Wildman–Crippen MR) is 141 cm³/mol. The number of hydrogen-bond acceptors (Lipinski definition) is 7. The monoisotopic (exact) mass is 528 g/mol. The zero-order chi connectivity index (χ0) is 25.9. The van der Waals surface area contributed by atoms with Crippen LogP contribution in [0.2, 0.25) is 5.15 Å². The third-order valence-electron chi connectivity index (χ3n) is 8.27. The van der Waals surface area contributed by atoms with Crippen molar-refractivity contribution in [2.24, 2.45) is 0 Å². The van der Waals surface area contributed by atoms with Crippen LogP contribution in [0.15, 0.2) is 12.3 Å². The molecule has 1 amide bonds. The largest absolute Gasteiger partial charge is 0.444 e. The third-order valence-corrected chi connectivity index (χ3v) is 8.54. The molecule has 37 heavy (non-hydrogen) atoms. The fourth-order valence-corrected chi connectivity index (χ4v) is 6.83. The number of hydrogen-bond donors (Lipinski definition) is 0. The lowest BCUT2D eigenvalue weighted by Crippen LogP contribution is -2.57. The van der Waals surface area contributed by atoms with Crippen LogP contribution in [0.3, 0.4) is 0 Å². The molecular formula is C27H34ClFN6O2. The Kier molecular flexibility index (Phi) is 6.06. The molecule has 0 saturated carbocycles. The number of fused-ring (bicyclic) bond motifs is 4. The second-order valence-electron chi connectivity index (χ2n) is 11.8. The van der Waals surface area contributed by atoms with Gasteiger partial charge in [0.1, 0.15) is 16.9 Å². The molecule has 4 aliphatic rings. The zero-order valence-corrected chi connectivity index (χ0v) is 22.5. The van der Waals surface area contributed by atoms with Crippen molar-refractivity contribution in [2.75, 3.05) is 31.1 Å². The summed E-state index contributed by atoms with van der Waals surface area (Å²) < 4.78 is 20.9. The van der Waals surface area contributed by atoms with E-state index >= 15 is 4.39 Å². The first kappa shape index (κ1) is 24.8. The highest BCUT2D eigenvalue weighted by Crippen LogP contribution is 2.41. The average Bonchev–Trinajstić information content (AvgIpc) is 3.49. The van der Waals surface area contributed by atoms with Gasteiger partial charge in [0.2, 0.25) is 0 Å². The molecule has 6 rings (SSSR count). The predicted octanol–water partition coefficient (Wildman–Crippen LogP) is 5.05. The molecule has 2 aromatic rings. The lowest BCUT2D eigenvalue weighted by Gasteiger charge is -2.42. The second kappa shape index (κ2) is 9.05. The first-order chi connectivity index (χ1) is 17.6. The zero-order valence-electron chi connectivity index (χ0n) is 21.7. The van der Waals surface area contributed by atoms with Gasteiger partial charge >= 0.3 is 6.09 Å². The fraction of sp³-hybridized carbons (Fsp3) is 0.630. The number of ether oxygens (including phenoxy) is 1.